The Hall–Kier alpha value is -2.51. The molecule has 1 heterocycles. The molecule has 0 saturated carbocycles. The fourth-order valence-corrected chi connectivity index (χ4v) is 2.56. The van der Waals surface area contributed by atoms with Crippen LogP contribution in [-0.2, 0) is 9.59 Å². The number of anilines is 1. The average molecular weight is 353 g/mol. The second-order valence-corrected chi connectivity index (χ2v) is 6.76. The third-order valence-corrected chi connectivity index (χ3v) is 4.07. The molecule has 8 heteroatoms. The lowest BCUT2D eigenvalue weighted by Crippen LogP contribution is -2.44. The molecule has 1 aromatic rings. The third kappa shape index (κ3) is 4.32. The largest absolute Gasteiger partial charge is 0.325 e. The molecular formula is C17H21F2N3O3. The zero-order valence-corrected chi connectivity index (χ0v) is 14.4. The number of rotatable bonds is 6. The van der Waals surface area contributed by atoms with Crippen LogP contribution in [0.2, 0.25) is 0 Å². The van der Waals surface area contributed by atoms with Crippen molar-refractivity contribution >= 4 is 23.5 Å². The first kappa shape index (κ1) is 18.8. The summed E-state index contributed by atoms with van der Waals surface area (Å²) in [5.41, 5.74) is -0.998. The molecule has 1 saturated heterocycles. The zero-order chi connectivity index (χ0) is 18.8. The van der Waals surface area contributed by atoms with Crippen LogP contribution < -0.4 is 10.6 Å². The number of imide groups is 1. The maximum atomic E-state index is 13.2. The summed E-state index contributed by atoms with van der Waals surface area (Å²) in [5, 5.41) is 4.96. The smallest absolute Gasteiger partial charge is 0.324 e. The van der Waals surface area contributed by atoms with E-state index in [0.29, 0.717) is 12.3 Å². The Balaban J connectivity index is 2.01. The van der Waals surface area contributed by atoms with Gasteiger partial charge in [-0.05, 0) is 37.8 Å². The van der Waals surface area contributed by atoms with E-state index < -0.39 is 41.6 Å². The molecule has 0 spiro atoms. The second kappa shape index (κ2) is 7.16. The Kier molecular flexibility index (Phi) is 5.39. The van der Waals surface area contributed by atoms with Crippen molar-refractivity contribution in [1.29, 1.82) is 0 Å². The number of amides is 4. The van der Waals surface area contributed by atoms with Crippen LogP contribution in [0.1, 0.15) is 33.6 Å². The Bertz CT molecular complexity index is 708. The quantitative estimate of drug-likeness (QED) is 0.772. The number of urea groups is 1. The molecule has 1 aliphatic rings. The van der Waals surface area contributed by atoms with Crippen molar-refractivity contribution in [2.24, 2.45) is 5.92 Å². The molecule has 1 fully saturated rings. The number of hydrogen-bond donors (Lipinski definition) is 2. The first-order chi connectivity index (χ1) is 11.6. The van der Waals surface area contributed by atoms with Crippen molar-refractivity contribution in [3.8, 4) is 0 Å². The molecule has 1 aromatic carbocycles. The normalized spacial score (nSPS) is 20.2. The SMILES string of the molecule is CC(C)CC[C@@]1(C)NC(=O)N(CC(=O)Nc2ccc(F)c(F)c2)C1=O. The first-order valence-electron chi connectivity index (χ1n) is 8.01. The summed E-state index contributed by atoms with van der Waals surface area (Å²) in [6.45, 7) is 5.15. The van der Waals surface area contributed by atoms with E-state index in [1.807, 2.05) is 13.8 Å². The van der Waals surface area contributed by atoms with Crippen LogP contribution in [0.5, 0.6) is 0 Å². The zero-order valence-electron chi connectivity index (χ0n) is 14.4. The van der Waals surface area contributed by atoms with Crippen LogP contribution in [0.3, 0.4) is 0 Å². The van der Waals surface area contributed by atoms with Crippen LogP contribution in [0.4, 0.5) is 19.3 Å². The molecule has 136 valence electrons. The maximum absolute atomic E-state index is 13.2. The number of halogens is 2. The Labute approximate surface area is 144 Å². The summed E-state index contributed by atoms with van der Waals surface area (Å²) >= 11 is 0. The summed E-state index contributed by atoms with van der Waals surface area (Å²) < 4.78 is 26.0. The van der Waals surface area contributed by atoms with Crippen molar-refractivity contribution in [1.82, 2.24) is 10.2 Å². The lowest BCUT2D eigenvalue weighted by molar-refractivity contribution is -0.133. The minimum Gasteiger partial charge on any atom is -0.324 e. The summed E-state index contributed by atoms with van der Waals surface area (Å²) in [6, 6.07) is 2.25. The van der Waals surface area contributed by atoms with Crippen LogP contribution in [-0.4, -0.2) is 34.8 Å². The van der Waals surface area contributed by atoms with Gasteiger partial charge >= 0.3 is 6.03 Å². The standard InChI is InChI=1S/C17H21F2N3O3/c1-10(2)6-7-17(3)15(24)22(16(25)21-17)9-14(23)20-11-4-5-12(18)13(19)8-11/h4-5,8,10H,6-7,9H2,1-3H3,(H,20,23)(H,21,25)/t17-/m1/s1. The summed E-state index contributed by atoms with van der Waals surface area (Å²) in [7, 11) is 0. The maximum Gasteiger partial charge on any atom is 0.325 e. The van der Waals surface area contributed by atoms with Crippen molar-refractivity contribution in [2.45, 2.75) is 39.2 Å². The van der Waals surface area contributed by atoms with Gasteiger partial charge in [0.1, 0.15) is 12.1 Å². The predicted octanol–water partition coefficient (Wildman–Crippen LogP) is 2.65. The van der Waals surface area contributed by atoms with E-state index in [4.69, 9.17) is 0 Å². The summed E-state index contributed by atoms with van der Waals surface area (Å²) in [6.07, 6.45) is 1.22. The highest BCUT2D eigenvalue weighted by Crippen LogP contribution is 2.24. The van der Waals surface area contributed by atoms with E-state index in [0.717, 1.165) is 23.5 Å². The molecule has 2 rings (SSSR count). The van der Waals surface area contributed by atoms with Gasteiger partial charge in [-0.3, -0.25) is 14.5 Å². The molecule has 0 bridgehead atoms. The van der Waals surface area contributed by atoms with Crippen LogP contribution in [0.25, 0.3) is 0 Å². The van der Waals surface area contributed by atoms with Crippen LogP contribution >= 0.6 is 0 Å². The predicted molar refractivity (Wildman–Crippen MR) is 87.7 cm³/mol. The number of carbonyl (C=O) groups is 3. The number of nitrogens with zero attached hydrogens (tertiary/aromatic N) is 1. The van der Waals surface area contributed by atoms with E-state index in [2.05, 4.69) is 10.6 Å². The van der Waals surface area contributed by atoms with Gasteiger partial charge in [-0.1, -0.05) is 13.8 Å². The van der Waals surface area contributed by atoms with Gasteiger partial charge in [0.15, 0.2) is 11.6 Å². The molecular weight excluding hydrogens is 332 g/mol. The van der Waals surface area contributed by atoms with Gasteiger partial charge in [0.2, 0.25) is 5.91 Å². The Morgan fingerprint density at radius 3 is 2.56 bits per heavy atom. The minimum absolute atomic E-state index is 0.0403. The van der Waals surface area contributed by atoms with Gasteiger partial charge in [0.05, 0.1) is 0 Å². The van der Waals surface area contributed by atoms with Crippen molar-refractivity contribution in [2.75, 3.05) is 11.9 Å². The van der Waals surface area contributed by atoms with Gasteiger partial charge in [0.25, 0.3) is 5.91 Å². The highest BCUT2D eigenvalue weighted by atomic mass is 19.2. The molecule has 6 nitrogen and oxygen atoms in total. The molecule has 25 heavy (non-hydrogen) atoms. The second-order valence-electron chi connectivity index (χ2n) is 6.76. The van der Waals surface area contributed by atoms with Gasteiger partial charge in [-0.25, -0.2) is 13.6 Å². The highest BCUT2D eigenvalue weighted by Gasteiger charge is 2.47. The van der Waals surface area contributed by atoms with Crippen molar-refractivity contribution < 1.29 is 23.2 Å². The Morgan fingerprint density at radius 2 is 1.96 bits per heavy atom. The molecule has 0 unspecified atom stereocenters. The van der Waals surface area contributed by atoms with Crippen LogP contribution in [0, 0.1) is 17.6 Å². The summed E-state index contributed by atoms with van der Waals surface area (Å²) in [4.78, 5) is 37.4. The van der Waals surface area contributed by atoms with E-state index in [-0.39, 0.29) is 5.69 Å². The topological polar surface area (TPSA) is 78.5 Å². The summed E-state index contributed by atoms with van der Waals surface area (Å²) in [5.74, 6) is -2.92. The third-order valence-electron chi connectivity index (χ3n) is 4.07. The highest BCUT2D eigenvalue weighted by molar-refractivity contribution is 6.09. The van der Waals surface area contributed by atoms with Gasteiger partial charge in [-0.2, -0.15) is 0 Å². The minimum atomic E-state index is -1.10. The number of hydrogen-bond acceptors (Lipinski definition) is 3. The molecule has 1 aliphatic heterocycles. The van der Waals surface area contributed by atoms with Gasteiger partial charge in [0, 0.05) is 11.8 Å². The van der Waals surface area contributed by atoms with Gasteiger partial charge in [-0.15, -0.1) is 0 Å². The van der Waals surface area contributed by atoms with E-state index in [9.17, 15) is 23.2 Å². The van der Waals surface area contributed by atoms with E-state index in [1.165, 1.54) is 6.07 Å². The van der Waals surface area contributed by atoms with Crippen molar-refractivity contribution in [3.63, 3.8) is 0 Å². The molecule has 1 atom stereocenters. The van der Waals surface area contributed by atoms with E-state index in [1.54, 1.807) is 6.92 Å². The van der Waals surface area contributed by atoms with Crippen molar-refractivity contribution in [3.05, 3.63) is 29.8 Å². The monoisotopic (exact) mass is 353 g/mol. The fourth-order valence-electron chi connectivity index (χ4n) is 2.56. The van der Waals surface area contributed by atoms with Gasteiger partial charge < -0.3 is 10.6 Å². The number of carbonyl (C=O) groups excluding carboxylic acids is 3. The first-order valence-corrected chi connectivity index (χ1v) is 8.01. The molecule has 2 N–H and O–H groups in total. The number of nitrogens with one attached hydrogen (secondary N) is 2. The molecule has 0 aromatic heterocycles. The van der Waals surface area contributed by atoms with E-state index >= 15 is 0 Å². The van der Waals surface area contributed by atoms with Crippen LogP contribution in [0.15, 0.2) is 18.2 Å². The number of benzene rings is 1. The molecule has 0 radical (unpaired) electrons. The Morgan fingerprint density at radius 1 is 1.28 bits per heavy atom. The molecule has 0 aliphatic carbocycles. The lowest BCUT2D eigenvalue weighted by Gasteiger charge is -2.22. The molecule has 4 amide bonds. The fraction of sp³-hybridized carbons (Fsp3) is 0.471. The lowest BCUT2D eigenvalue weighted by atomic mass is 9.92. The average Bonchev–Trinajstić information content (AvgIpc) is 2.73.